The van der Waals surface area contributed by atoms with Crippen LogP contribution in [0, 0.1) is 11.3 Å². The number of esters is 1. The number of rotatable bonds is 8. The molecule has 1 aliphatic rings. The van der Waals surface area contributed by atoms with Crippen LogP contribution in [0.25, 0.3) is 0 Å². The number of fused-ring (bicyclic) bond motifs is 1. The van der Waals surface area contributed by atoms with Gasteiger partial charge in [-0.05, 0) is 67.4 Å². The van der Waals surface area contributed by atoms with Gasteiger partial charge in [0.2, 0.25) is 0 Å². The first kappa shape index (κ1) is 27.1. The van der Waals surface area contributed by atoms with Crippen molar-refractivity contribution < 1.29 is 23.8 Å². The Balaban J connectivity index is 1.74. The summed E-state index contributed by atoms with van der Waals surface area (Å²) in [6.45, 7) is 10.0. The average Bonchev–Trinajstić information content (AvgIpc) is 3.17. The van der Waals surface area contributed by atoms with Crippen LogP contribution < -0.4 is 15.4 Å². The quantitative estimate of drug-likeness (QED) is 0.281. The normalized spacial score (nSPS) is 15.2. The van der Waals surface area contributed by atoms with Crippen LogP contribution in [0.1, 0.15) is 65.3 Å². The molecule has 1 aromatic carbocycles. The zero-order valence-corrected chi connectivity index (χ0v) is 22.6. The lowest BCUT2D eigenvalue weighted by atomic mass is 9.72. The molecule has 35 heavy (non-hydrogen) atoms. The fraction of sp³-hybridized carbons (Fsp3) is 0.500. The summed E-state index contributed by atoms with van der Waals surface area (Å²) in [4.78, 5) is 26.8. The summed E-state index contributed by atoms with van der Waals surface area (Å²) in [5, 5.41) is 6.49. The van der Waals surface area contributed by atoms with E-state index >= 15 is 0 Å². The van der Waals surface area contributed by atoms with Gasteiger partial charge in [-0.1, -0.05) is 32.9 Å². The monoisotopic (exact) mass is 518 g/mol. The minimum absolute atomic E-state index is 0.107. The number of carbonyl (C=O) groups is 2. The van der Waals surface area contributed by atoms with E-state index < -0.39 is 11.9 Å². The first-order chi connectivity index (χ1) is 16.7. The second-order valence-electron chi connectivity index (χ2n) is 9.46. The smallest absolute Gasteiger partial charge is 0.341 e. The molecule has 0 fully saturated rings. The zero-order chi connectivity index (χ0) is 25.6. The second-order valence-corrected chi connectivity index (χ2v) is 11.0. The molecule has 2 aromatic rings. The van der Waals surface area contributed by atoms with Crippen LogP contribution in [0.3, 0.4) is 0 Å². The van der Waals surface area contributed by atoms with Crippen LogP contribution in [0.15, 0.2) is 24.3 Å². The van der Waals surface area contributed by atoms with Crippen molar-refractivity contribution in [3.8, 4) is 5.75 Å². The van der Waals surface area contributed by atoms with E-state index in [1.807, 2.05) is 6.92 Å². The van der Waals surface area contributed by atoms with Crippen molar-refractivity contribution in [2.45, 2.75) is 47.0 Å². The highest BCUT2D eigenvalue weighted by Crippen LogP contribution is 2.44. The van der Waals surface area contributed by atoms with Crippen molar-refractivity contribution in [3.63, 3.8) is 0 Å². The Labute approximate surface area is 216 Å². The van der Waals surface area contributed by atoms with Crippen LogP contribution in [0.5, 0.6) is 5.75 Å². The first-order valence-corrected chi connectivity index (χ1v) is 13.0. The van der Waals surface area contributed by atoms with Gasteiger partial charge in [0.05, 0.1) is 24.8 Å². The molecule has 190 valence electrons. The van der Waals surface area contributed by atoms with Gasteiger partial charge in [-0.15, -0.1) is 11.3 Å². The predicted molar refractivity (Wildman–Crippen MR) is 143 cm³/mol. The molecule has 3 rings (SSSR count). The highest BCUT2D eigenvalue weighted by atomic mass is 32.1. The molecular weight excluding hydrogens is 484 g/mol. The lowest BCUT2D eigenvalue weighted by Gasteiger charge is -2.33. The molecule has 2 N–H and O–H groups in total. The lowest BCUT2D eigenvalue weighted by molar-refractivity contribution is 0.0600. The molecule has 0 saturated carbocycles. The van der Waals surface area contributed by atoms with Crippen molar-refractivity contribution >= 4 is 45.5 Å². The molecule has 1 heterocycles. The van der Waals surface area contributed by atoms with Crippen molar-refractivity contribution in [2.24, 2.45) is 11.3 Å². The SMILES string of the molecule is CCOCCOc1ccccc1C(=O)NC(=S)Nc1sc2c(c1C(=O)OC)CCC(C(C)(C)C)C2. The number of thiocarbonyl (C=S) groups is 1. The van der Waals surface area contributed by atoms with E-state index in [1.54, 1.807) is 24.3 Å². The maximum Gasteiger partial charge on any atom is 0.341 e. The third-order valence-corrected chi connectivity index (χ3v) is 7.53. The Hall–Kier alpha value is -2.49. The Morgan fingerprint density at radius 2 is 1.94 bits per heavy atom. The topological polar surface area (TPSA) is 85.9 Å². The fourth-order valence-corrected chi connectivity index (χ4v) is 5.75. The predicted octanol–water partition coefficient (Wildman–Crippen LogP) is 5.23. The molecule has 1 aliphatic carbocycles. The molecule has 1 atom stereocenters. The van der Waals surface area contributed by atoms with E-state index in [4.69, 9.17) is 26.4 Å². The third-order valence-electron chi connectivity index (χ3n) is 6.15. The zero-order valence-electron chi connectivity index (χ0n) is 21.0. The van der Waals surface area contributed by atoms with E-state index in [1.165, 1.54) is 23.3 Å². The molecule has 0 radical (unpaired) electrons. The summed E-state index contributed by atoms with van der Waals surface area (Å²) in [5.74, 6) is 0.171. The summed E-state index contributed by atoms with van der Waals surface area (Å²) < 4.78 is 16.1. The number of amides is 1. The standard InChI is InChI=1S/C26H34N2O5S2/c1-6-32-13-14-33-19-10-8-7-9-17(19)22(29)27-25(34)28-23-21(24(30)31-5)18-12-11-16(26(2,3)4)15-20(18)35-23/h7-10,16H,6,11-15H2,1-5H3,(H2,27,28,29,34). The Morgan fingerprint density at radius 3 is 2.63 bits per heavy atom. The number of methoxy groups -OCH3 is 1. The molecule has 0 aliphatic heterocycles. The Bertz CT molecular complexity index is 1070. The van der Waals surface area contributed by atoms with Gasteiger partial charge in [-0.3, -0.25) is 10.1 Å². The molecule has 1 aromatic heterocycles. The molecule has 9 heteroatoms. The third kappa shape index (κ3) is 6.80. The van der Waals surface area contributed by atoms with E-state index in [9.17, 15) is 9.59 Å². The van der Waals surface area contributed by atoms with Gasteiger partial charge in [0.1, 0.15) is 17.4 Å². The van der Waals surface area contributed by atoms with Crippen LogP contribution >= 0.6 is 23.6 Å². The van der Waals surface area contributed by atoms with Gasteiger partial charge in [0.15, 0.2) is 5.11 Å². The van der Waals surface area contributed by atoms with E-state index in [2.05, 4.69) is 31.4 Å². The molecule has 0 spiro atoms. The van der Waals surface area contributed by atoms with Gasteiger partial charge >= 0.3 is 5.97 Å². The molecular formula is C26H34N2O5S2. The van der Waals surface area contributed by atoms with Crippen molar-refractivity contribution in [3.05, 3.63) is 45.8 Å². The summed E-state index contributed by atoms with van der Waals surface area (Å²) >= 11 is 6.94. The van der Waals surface area contributed by atoms with Crippen LogP contribution in [0.4, 0.5) is 5.00 Å². The summed E-state index contributed by atoms with van der Waals surface area (Å²) in [7, 11) is 1.37. The number of thiophene rings is 1. The Kier molecular flexibility index (Phi) is 9.27. The molecule has 1 amide bonds. The molecule has 7 nitrogen and oxygen atoms in total. The summed E-state index contributed by atoms with van der Waals surface area (Å²) in [6.07, 6.45) is 2.73. The van der Waals surface area contributed by atoms with Crippen molar-refractivity contribution in [2.75, 3.05) is 32.2 Å². The van der Waals surface area contributed by atoms with Crippen molar-refractivity contribution in [1.82, 2.24) is 5.32 Å². The van der Waals surface area contributed by atoms with E-state index in [0.29, 0.717) is 47.6 Å². The van der Waals surface area contributed by atoms with Gasteiger partial charge in [-0.25, -0.2) is 4.79 Å². The number of hydrogen-bond acceptors (Lipinski definition) is 7. The van der Waals surface area contributed by atoms with Gasteiger partial charge in [0, 0.05) is 11.5 Å². The maximum atomic E-state index is 12.9. The minimum atomic E-state index is -0.402. The van der Waals surface area contributed by atoms with Gasteiger partial charge in [0.25, 0.3) is 5.91 Å². The fourth-order valence-electron chi connectivity index (χ4n) is 4.17. The van der Waals surface area contributed by atoms with Crippen molar-refractivity contribution in [1.29, 1.82) is 0 Å². The number of carbonyl (C=O) groups excluding carboxylic acids is 2. The van der Waals surface area contributed by atoms with E-state index in [0.717, 1.165) is 24.8 Å². The van der Waals surface area contributed by atoms with Crippen LogP contribution in [-0.4, -0.2) is 43.9 Å². The first-order valence-electron chi connectivity index (χ1n) is 11.8. The molecule has 1 unspecified atom stereocenters. The van der Waals surface area contributed by atoms with Gasteiger partial charge < -0.3 is 19.5 Å². The maximum absolute atomic E-state index is 12.9. The number of para-hydroxylation sites is 1. The average molecular weight is 519 g/mol. The van der Waals surface area contributed by atoms with Crippen LogP contribution in [-0.2, 0) is 22.3 Å². The minimum Gasteiger partial charge on any atom is -0.490 e. The number of nitrogens with one attached hydrogen (secondary N) is 2. The highest BCUT2D eigenvalue weighted by Gasteiger charge is 2.34. The number of hydrogen-bond donors (Lipinski definition) is 2. The largest absolute Gasteiger partial charge is 0.490 e. The highest BCUT2D eigenvalue weighted by molar-refractivity contribution is 7.80. The number of benzene rings is 1. The number of ether oxygens (including phenoxy) is 3. The van der Waals surface area contributed by atoms with Gasteiger partial charge in [-0.2, -0.15) is 0 Å². The lowest BCUT2D eigenvalue weighted by Crippen LogP contribution is -2.34. The van der Waals surface area contributed by atoms with Crippen LogP contribution in [0.2, 0.25) is 0 Å². The van der Waals surface area contributed by atoms with E-state index in [-0.39, 0.29) is 10.5 Å². The molecule has 0 bridgehead atoms. The molecule has 0 saturated heterocycles. The Morgan fingerprint density at radius 1 is 1.20 bits per heavy atom. The second kappa shape index (κ2) is 12.0. The number of anilines is 1. The summed E-state index contributed by atoms with van der Waals surface area (Å²) in [6, 6.07) is 6.96. The summed E-state index contributed by atoms with van der Waals surface area (Å²) in [5.41, 5.74) is 2.07.